The van der Waals surface area contributed by atoms with Gasteiger partial charge in [-0.2, -0.15) is 0 Å². The van der Waals surface area contributed by atoms with Crippen molar-refractivity contribution in [1.29, 1.82) is 0 Å². The number of amides is 1. The van der Waals surface area contributed by atoms with Crippen molar-refractivity contribution < 1.29 is 4.79 Å². The van der Waals surface area contributed by atoms with Crippen LogP contribution in [-0.4, -0.2) is 5.91 Å². The molecule has 4 heteroatoms. The Labute approximate surface area is 157 Å². The van der Waals surface area contributed by atoms with E-state index in [2.05, 4.69) is 17.4 Å². The zero-order valence-corrected chi connectivity index (χ0v) is 15.2. The van der Waals surface area contributed by atoms with E-state index in [0.717, 1.165) is 16.2 Å². The maximum atomic E-state index is 12.6. The van der Waals surface area contributed by atoms with Gasteiger partial charge in [-0.1, -0.05) is 66.2 Å². The Kier molecular flexibility index (Phi) is 6.15. The molecule has 0 aromatic heterocycles. The smallest absolute Gasteiger partial charge is 0.252 e. The molecule has 3 rings (SSSR count). The van der Waals surface area contributed by atoms with E-state index in [0.29, 0.717) is 17.1 Å². The molecule has 3 aromatic carbocycles. The number of benzene rings is 3. The van der Waals surface area contributed by atoms with Gasteiger partial charge in [0, 0.05) is 22.2 Å². The van der Waals surface area contributed by atoms with Crippen LogP contribution in [0, 0.1) is 0 Å². The highest BCUT2D eigenvalue weighted by Crippen LogP contribution is 2.26. The summed E-state index contributed by atoms with van der Waals surface area (Å²) in [7, 11) is 0. The van der Waals surface area contributed by atoms with Crippen molar-refractivity contribution in [3.63, 3.8) is 0 Å². The topological polar surface area (TPSA) is 29.1 Å². The molecule has 25 heavy (non-hydrogen) atoms. The molecule has 0 heterocycles. The molecule has 0 saturated carbocycles. The molecule has 1 amide bonds. The van der Waals surface area contributed by atoms with Gasteiger partial charge in [0.25, 0.3) is 5.91 Å². The van der Waals surface area contributed by atoms with Gasteiger partial charge >= 0.3 is 0 Å². The molecule has 0 radical (unpaired) electrons. The molecule has 3 aromatic rings. The number of hydrogen-bond acceptors (Lipinski definition) is 2. The van der Waals surface area contributed by atoms with Crippen LogP contribution in [0.4, 0.5) is 0 Å². The van der Waals surface area contributed by atoms with Crippen LogP contribution in [-0.2, 0) is 12.3 Å². The van der Waals surface area contributed by atoms with Crippen molar-refractivity contribution in [3.8, 4) is 0 Å². The SMILES string of the molecule is O=C(NCc1ccc(Cl)cc1)c1ccccc1SCc1ccccc1. The summed E-state index contributed by atoms with van der Waals surface area (Å²) in [6, 6.07) is 25.4. The maximum Gasteiger partial charge on any atom is 0.252 e. The summed E-state index contributed by atoms with van der Waals surface area (Å²) in [6.45, 7) is 0.480. The third-order valence-electron chi connectivity index (χ3n) is 3.74. The molecule has 1 N–H and O–H groups in total. The van der Waals surface area contributed by atoms with E-state index in [1.54, 1.807) is 11.8 Å². The molecule has 2 nitrogen and oxygen atoms in total. The Morgan fingerprint density at radius 1 is 0.840 bits per heavy atom. The molecule has 0 bridgehead atoms. The minimum Gasteiger partial charge on any atom is -0.348 e. The van der Waals surface area contributed by atoms with Crippen molar-refractivity contribution in [1.82, 2.24) is 5.32 Å². The van der Waals surface area contributed by atoms with Crippen LogP contribution in [0.1, 0.15) is 21.5 Å². The molecular weight excluding hydrogens is 350 g/mol. The standard InChI is InChI=1S/C21H18ClNOS/c22-18-12-10-16(11-13-18)14-23-21(24)19-8-4-5-9-20(19)25-15-17-6-2-1-3-7-17/h1-13H,14-15H2,(H,23,24). The fourth-order valence-corrected chi connectivity index (χ4v) is 3.53. The van der Waals surface area contributed by atoms with Crippen molar-refractivity contribution in [3.05, 3.63) is 101 Å². The van der Waals surface area contributed by atoms with E-state index in [1.807, 2.05) is 66.7 Å². The van der Waals surface area contributed by atoms with E-state index in [9.17, 15) is 4.79 Å². The summed E-state index contributed by atoms with van der Waals surface area (Å²) in [6.07, 6.45) is 0. The van der Waals surface area contributed by atoms with Crippen molar-refractivity contribution >= 4 is 29.3 Å². The molecule has 0 saturated heterocycles. The number of halogens is 1. The van der Waals surface area contributed by atoms with Gasteiger partial charge < -0.3 is 5.32 Å². The van der Waals surface area contributed by atoms with Gasteiger partial charge in [-0.25, -0.2) is 0 Å². The average Bonchev–Trinajstić information content (AvgIpc) is 2.67. The van der Waals surface area contributed by atoms with Gasteiger partial charge in [0.05, 0.1) is 5.56 Å². The minimum absolute atomic E-state index is 0.0638. The van der Waals surface area contributed by atoms with Gasteiger partial charge in [-0.05, 0) is 35.4 Å². The lowest BCUT2D eigenvalue weighted by Gasteiger charge is -2.10. The van der Waals surface area contributed by atoms with Crippen molar-refractivity contribution in [2.45, 2.75) is 17.2 Å². The molecule has 0 unspecified atom stereocenters. The van der Waals surface area contributed by atoms with Crippen LogP contribution in [0.25, 0.3) is 0 Å². The van der Waals surface area contributed by atoms with Crippen LogP contribution in [0.2, 0.25) is 5.02 Å². The Bertz CT molecular complexity index is 834. The number of thioether (sulfide) groups is 1. The summed E-state index contributed by atoms with van der Waals surface area (Å²) in [5.41, 5.74) is 2.97. The molecule has 0 fully saturated rings. The Morgan fingerprint density at radius 3 is 2.28 bits per heavy atom. The van der Waals surface area contributed by atoms with Gasteiger partial charge in [-0.15, -0.1) is 11.8 Å². The molecule has 0 spiro atoms. The first-order valence-corrected chi connectivity index (χ1v) is 9.37. The number of carbonyl (C=O) groups excluding carboxylic acids is 1. The lowest BCUT2D eigenvalue weighted by molar-refractivity contribution is 0.0948. The van der Waals surface area contributed by atoms with Crippen LogP contribution in [0.15, 0.2) is 83.8 Å². The number of rotatable bonds is 6. The lowest BCUT2D eigenvalue weighted by atomic mass is 10.2. The number of nitrogens with one attached hydrogen (secondary N) is 1. The largest absolute Gasteiger partial charge is 0.348 e. The van der Waals surface area contributed by atoms with Crippen LogP contribution in [0.3, 0.4) is 0 Å². The van der Waals surface area contributed by atoms with Crippen LogP contribution in [0.5, 0.6) is 0 Å². The zero-order valence-electron chi connectivity index (χ0n) is 13.6. The second-order valence-electron chi connectivity index (χ2n) is 5.58. The molecule has 126 valence electrons. The minimum atomic E-state index is -0.0638. The first kappa shape index (κ1) is 17.6. The normalized spacial score (nSPS) is 10.4. The summed E-state index contributed by atoms with van der Waals surface area (Å²) in [5, 5.41) is 3.67. The molecule has 0 aliphatic heterocycles. The monoisotopic (exact) mass is 367 g/mol. The van der Waals surface area contributed by atoms with E-state index >= 15 is 0 Å². The summed E-state index contributed by atoms with van der Waals surface area (Å²) in [5.74, 6) is 0.772. The second kappa shape index (κ2) is 8.75. The van der Waals surface area contributed by atoms with Gasteiger partial charge in [0.15, 0.2) is 0 Å². The summed E-state index contributed by atoms with van der Waals surface area (Å²) in [4.78, 5) is 13.6. The van der Waals surface area contributed by atoms with Gasteiger partial charge in [-0.3, -0.25) is 4.79 Å². The first-order chi connectivity index (χ1) is 12.2. The molecule has 0 aliphatic rings. The third-order valence-corrected chi connectivity index (χ3v) is 5.13. The molecule has 0 aliphatic carbocycles. The van der Waals surface area contributed by atoms with Crippen molar-refractivity contribution in [2.75, 3.05) is 0 Å². The summed E-state index contributed by atoms with van der Waals surface area (Å²) < 4.78 is 0. The molecular formula is C21H18ClNOS. The van der Waals surface area contributed by atoms with E-state index in [4.69, 9.17) is 11.6 Å². The fourth-order valence-electron chi connectivity index (χ4n) is 2.40. The number of hydrogen-bond donors (Lipinski definition) is 1. The molecule has 0 atom stereocenters. The van der Waals surface area contributed by atoms with Gasteiger partial charge in [0.1, 0.15) is 0 Å². The van der Waals surface area contributed by atoms with E-state index in [1.165, 1.54) is 5.56 Å². The van der Waals surface area contributed by atoms with Gasteiger partial charge in [0.2, 0.25) is 0 Å². The first-order valence-electron chi connectivity index (χ1n) is 8.01. The average molecular weight is 368 g/mol. The van der Waals surface area contributed by atoms with Crippen LogP contribution >= 0.6 is 23.4 Å². The highest BCUT2D eigenvalue weighted by molar-refractivity contribution is 7.98. The highest BCUT2D eigenvalue weighted by atomic mass is 35.5. The Morgan fingerprint density at radius 2 is 1.52 bits per heavy atom. The lowest BCUT2D eigenvalue weighted by Crippen LogP contribution is -2.23. The van der Waals surface area contributed by atoms with Crippen LogP contribution < -0.4 is 5.32 Å². The Balaban J connectivity index is 1.64. The zero-order chi connectivity index (χ0) is 17.5. The maximum absolute atomic E-state index is 12.6. The third kappa shape index (κ3) is 5.12. The highest BCUT2D eigenvalue weighted by Gasteiger charge is 2.11. The van der Waals surface area contributed by atoms with E-state index < -0.39 is 0 Å². The predicted octanol–water partition coefficient (Wildman–Crippen LogP) is 5.56. The predicted molar refractivity (Wildman–Crippen MR) is 105 cm³/mol. The number of carbonyl (C=O) groups is 1. The van der Waals surface area contributed by atoms with E-state index in [-0.39, 0.29) is 5.91 Å². The fraction of sp³-hybridized carbons (Fsp3) is 0.0952. The Hall–Kier alpha value is -2.23. The van der Waals surface area contributed by atoms with Crippen molar-refractivity contribution in [2.24, 2.45) is 0 Å². The second-order valence-corrected chi connectivity index (χ2v) is 7.03. The summed E-state index contributed by atoms with van der Waals surface area (Å²) >= 11 is 7.56. The quantitative estimate of drug-likeness (QED) is 0.577.